The SMILES string of the molecule is [C-]#[N+]c1cc(Cl)cc(C)c1NC(=O)c1cc(Br)nn1-c1ncc(Cl)cc1F. The van der Waals surface area contributed by atoms with Crippen LogP contribution in [0.1, 0.15) is 16.1 Å². The van der Waals surface area contributed by atoms with Crippen LogP contribution < -0.4 is 5.32 Å². The summed E-state index contributed by atoms with van der Waals surface area (Å²) in [7, 11) is 0. The summed E-state index contributed by atoms with van der Waals surface area (Å²) in [6.45, 7) is 8.99. The van der Waals surface area contributed by atoms with Gasteiger partial charge in [0.05, 0.1) is 11.6 Å². The van der Waals surface area contributed by atoms with Crippen LogP contribution in [0, 0.1) is 19.3 Å². The number of nitrogens with one attached hydrogen (secondary N) is 1. The average Bonchev–Trinajstić information content (AvgIpc) is 2.98. The Morgan fingerprint density at radius 3 is 2.70 bits per heavy atom. The molecule has 0 saturated heterocycles. The maximum atomic E-state index is 14.2. The summed E-state index contributed by atoms with van der Waals surface area (Å²) in [5.74, 6) is -1.52. The number of aromatic nitrogens is 3. The highest BCUT2D eigenvalue weighted by molar-refractivity contribution is 9.10. The number of aryl methyl sites for hydroxylation is 1. The van der Waals surface area contributed by atoms with Crippen LogP contribution in [0.3, 0.4) is 0 Å². The lowest BCUT2D eigenvalue weighted by Gasteiger charge is -2.12. The van der Waals surface area contributed by atoms with E-state index in [-0.39, 0.29) is 22.2 Å². The molecule has 1 N–H and O–H groups in total. The second kappa shape index (κ2) is 7.64. The van der Waals surface area contributed by atoms with Crippen molar-refractivity contribution in [1.29, 1.82) is 0 Å². The Balaban J connectivity index is 2.04. The molecule has 0 spiro atoms. The van der Waals surface area contributed by atoms with Crippen LogP contribution in [0.5, 0.6) is 0 Å². The summed E-state index contributed by atoms with van der Waals surface area (Å²) in [6.07, 6.45) is 1.25. The van der Waals surface area contributed by atoms with Crippen molar-refractivity contribution in [3.05, 3.63) is 73.6 Å². The molecule has 1 aromatic carbocycles. The number of rotatable bonds is 3. The molecule has 2 aromatic heterocycles. The molecule has 0 fully saturated rings. The van der Waals surface area contributed by atoms with Crippen molar-refractivity contribution in [2.75, 3.05) is 5.32 Å². The Bertz CT molecular complexity index is 1110. The molecule has 136 valence electrons. The van der Waals surface area contributed by atoms with Crippen LogP contribution in [0.25, 0.3) is 10.7 Å². The summed E-state index contributed by atoms with van der Waals surface area (Å²) in [5.41, 5.74) is 1.13. The summed E-state index contributed by atoms with van der Waals surface area (Å²) in [5, 5.41) is 7.22. The number of anilines is 1. The van der Waals surface area contributed by atoms with Gasteiger partial charge in [-0.2, -0.15) is 5.10 Å². The lowest BCUT2D eigenvalue weighted by Crippen LogP contribution is -2.18. The lowest BCUT2D eigenvalue weighted by atomic mass is 10.1. The van der Waals surface area contributed by atoms with Crippen LogP contribution in [0.2, 0.25) is 10.0 Å². The first-order valence-electron chi connectivity index (χ1n) is 7.36. The molecule has 0 atom stereocenters. The molecule has 6 nitrogen and oxygen atoms in total. The Morgan fingerprint density at radius 1 is 1.30 bits per heavy atom. The van der Waals surface area contributed by atoms with E-state index in [1.54, 1.807) is 13.0 Å². The fraction of sp³-hybridized carbons (Fsp3) is 0.0588. The number of hydrogen-bond acceptors (Lipinski definition) is 3. The van der Waals surface area contributed by atoms with Crippen molar-refractivity contribution in [2.45, 2.75) is 6.92 Å². The van der Waals surface area contributed by atoms with E-state index in [4.69, 9.17) is 29.8 Å². The molecule has 27 heavy (non-hydrogen) atoms. The van der Waals surface area contributed by atoms with Gasteiger partial charge in [-0.15, -0.1) is 0 Å². The van der Waals surface area contributed by atoms with E-state index in [9.17, 15) is 9.18 Å². The summed E-state index contributed by atoms with van der Waals surface area (Å²) < 4.78 is 15.6. The molecular weight excluding hydrogens is 460 g/mol. The van der Waals surface area contributed by atoms with Crippen LogP contribution in [-0.4, -0.2) is 20.7 Å². The van der Waals surface area contributed by atoms with Gasteiger partial charge in [0.25, 0.3) is 5.91 Å². The minimum Gasteiger partial charge on any atom is -0.330 e. The van der Waals surface area contributed by atoms with E-state index >= 15 is 0 Å². The Morgan fingerprint density at radius 2 is 2.04 bits per heavy atom. The number of carbonyl (C=O) groups is 1. The summed E-state index contributed by atoms with van der Waals surface area (Å²) >= 11 is 14.9. The highest BCUT2D eigenvalue weighted by Crippen LogP contribution is 2.33. The highest BCUT2D eigenvalue weighted by Gasteiger charge is 2.21. The molecule has 0 unspecified atom stereocenters. The minimum absolute atomic E-state index is 0.0147. The molecule has 10 heteroatoms. The largest absolute Gasteiger partial charge is 0.330 e. The zero-order valence-electron chi connectivity index (χ0n) is 13.6. The van der Waals surface area contributed by atoms with Crippen LogP contribution in [0.15, 0.2) is 35.1 Å². The molecule has 0 radical (unpaired) electrons. The number of amides is 1. The maximum Gasteiger partial charge on any atom is 0.273 e. The Hall–Kier alpha value is -2.47. The van der Waals surface area contributed by atoms with Gasteiger partial charge in [-0.3, -0.25) is 4.79 Å². The fourth-order valence-electron chi connectivity index (χ4n) is 2.39. The fourth-order valence-corrected chi connectivity index (χ4v) is 3.18. The number of carbonyl (C=O) groups excluding carboxylic acids is 1. The molecule has 0 aliphatic rings. The van der Waals surface area contributed by atoms with E-state index in [1.165, 1.54) is 18.3 Å². The first-order chi connectivity index (χ1) is 12.8. The van der Waals surface area contributed by atoms with Crippen molar-refractivity contribution in [2.24, 2.45) is 0 Å². The highest BCUT2D eigenvalue weighted by atomic mass is 79.9. The van der Waals surface area contributed by atoms with Crippen molar-refractivity contribution < 1.29 is 9.18 Å². The first-order valence-corrected chi connectivity index (χ1v) is 8.91. The van der Waals surface area contributed by atoms with E-state index in [1.807, 2.05) is 0 Å². The van der Waals surface area contributed by atoms with Crippen LogP contribution in [0.4, 0.5) is 15.8 Å². The normalized spacial score (nSPS) is 10.5. The molecule has 3 rings (SSSR count). The molecule has 0 aliphatic heterocycles. The van der Waals surface area contributed by atoms with Crippen molar-refractivity contribution >= 4 is 56.4 Å². The average molecular weight is 469 g/mol. The third-order valence-corrected chi connectivity index (χ3v) is 4.35. The van der Waals surface area contributed by atoms with Crippen molar-refractivity contribution in [3.8, 4) is 5.82 Å². The third kappa shape index (κ3) is 3.95. The van der Waals surface area contributed by atoms with Crippen LogP contribution in [-0.2, 0) is 0 Å². The maximum absolute atomic E-state index is 14.2. The monoisotopic (exact) mass is 467 g/mol. The zero-order valence-corrected chi connectivity index (χ0v) is 16.7. The quantitative estimate of drug-likeness (QED) is 0.509. The topological polar surface area (TPSA) is 64.2 Å². The van der Waals surface area contributed by atoms with Gasteiger partial charge in [0.15, 0.2) is 11.6 Å². The smallest absolute Gasteiger partial charge is 0.273 e. The van der Waals surface area contributed by atoms with E-state index in [0.717, 1.165) is 10.7 Å². The van der Waals surface area contributed by atoms with Crippen molar-refractivity contribution in [3.63, 3.8) is 0 Å². The van der Waals surface area contributed by atoms with E-state index in [2.05, 4.69) is 36.2 Å². The number of hydrogen-bond donors (Lipinski definition) is 1. The minimum atomic E-state index is -0.739. The number of nitrogens with zero attached hydrogens (tertiary/aromatic N) is 4. The van der Waals surface area contributed by atoms with Gasteiger partial charge >= 0.3 is 0 Å². The van der Waals surface area contributed by atoms with Gasteiger partial charge in [-0.1, -0.05) is 23.2 Å². The zero-order chi connectivity index (χ0) is 19.7. The number of pyridine rings is 1. The molecule has 0 saturated carbocycles. The number of benzene rings is 1. The van der Waals surface area contributed by atoms with Gasteiger partial charge in [-0.05, 0) is 46.6 Å². The van der Waals surface area contributed by atoms with Crippen LogP contribution >= 0.6 is 39.1 Å². The Kier molecular flexibility index (Phi) is 5.46. The van der Waals surface area contributed by atoms with Gasteiger partial charge in [0.1, 0.15) is 10.3 Å². The molecule has 0 bridgehead atoms. The molecule has 0 aliphatic carbocycles. The molecule has 1 amide bonds. The predicted octanol–water partition coefficient (Wildman–Crippen LogP) is 5.59. The molecule has 2 heterocycles. The number of halogens is 4. The third-order valence-electron chi connectivity index (χ3n) is 3.54. The second-order valence-corrected chi connectivity index (χ2v) is 7.09. The lowest BCUT2D eigenvalue weighted by molar-refractivity contribution is 0.101. The summed E-state index contributed by atoms with van der Waals surface area (Å²) in [4.78, 5) is 20.1. The van der Waals surface area contributed by atoms with Crippen molar-refractivity contribution in [1.82, 2.24) is 14.8 Å². The summed E-state index contributed by atoms with van der Waals surface area (Å²) in [6, 6.07) is 5.56. The van der Waals surface area contributed by atoms with E-state index in [0.29, 0.717) is 20.9 Å². The molecule has 3 aromatic rings. The Labute approximate surface area is 171 Å². The standard InChI is InChI=1S/C17H9BrCl2FN5O/c1-8-3-9(19)5-12(22-2)15(8)24-17(27)13-6-14(18)25-26(13)16-11(21)4-10(20)7-23-16/h3-7H,1H3,(H,24,27). The van der Waals surface area contributed by atoms with E-state index < -0.39 is 11.7 Å². The predicted molar refractivity (Wildman–Crippen MR) is 104 cm³/mol. The second-order valence-electron chi connectivity index (χ2n) is 5.41. The van der Waals surface area contributed by atoms with Gasteiger partial charge in [0, 0.05) is 23.0 Å². The first kappa shape index (κ1) is 19.3. The molecular formula is C17H9BrCl2FN5O. The van der Waals surface area contributed by atoms with Gasteiger partial charge < -0.3 is 5.32 Å². The van der Waals surface area contributed by atoms with Gasteiger partial charge in [0.2, 0.25) is 5.69 Å². The van der Waals surface area contributed by atoms with Gasteiger partial charge in [-0.25, -0.2) is 18.9 Å².